The molecule has 0 fully saturated rings. The average Bonchev–Trinajstić information content (AvgIpc) is 3.25. The highest BCUT2D eigenvalue weighted by atomic mass is 32.2. The van der Waals surface area contributed by atoms with Crippen molar-refractivity contribution in [1.82, 2.24) is 20.5 Å². The van der Waals surface area contributed by atoms with Crippen LogP contribution in [0.25, 0.3) is 10.7 Å². The molecule has 7 heteroatoms. The maximum atomic E-state index is 12.2. The number of aromatic nitrogens is 3. The fourth-order valence-electron chi connectivity index (χ4n) is 2.07. The van der Waals surface area contributed by atoms with Gasteiger partial charge in [0.15, 0.2) is 5.82 Å². The molecule has 1 aromatic carbocycles. The second-order valence-electron chi connectivity index (χ2n) is 5.41. The molecule has 0 aliphatic rings. The third-order valence-electron chi connectivity index (χ3n) is 3.46. The number of amides is 1. The Bertz CT molecular complexity index is 796. The fraction of sp³-hybridized carbons (Fsp3) is 0.235. The first kappa shape index (κ1) is 16.7. The molecule has 2 N–H and O–H groups in total. The number of H-pyrrole nitrogens is 1. The third kappa shape index (κ3) is 4.24. The van der Waals surface area contributed by atoms with E-state index in [9.17, 15) is 4.79 Å². The molecule has 5 nitrogen and oxygen atoms in total. The van der Waals surface area contributed by atoms with Crippen LogP contribution >= 0.6 is 23.1 Å². The predicted octanol–water partition coefficient (Wildman–Crippen LogP) is 3.64. The zero-order chi connectivity index (χ0) is 16.9. The Morgan fingerprint density at radius 2 is 2.12 bits per heavy atom. The summed E-state index contributed by atoms with van der Waals surface area (Å²) in [6, 6.07) is 12.1. The van der Waals surface area contributed by atoms with Gasteiger partial charge in [-0.05, 0) is 30.9 Å². The Morgan fingerprint density at radius 3 is 2.83 bits per heavy atom. The SMILES string of the molecule is Cc1ccc(CNC(=O)C(C)Sc2n[nH]c(-c3cccs3)n2)cc1. The van der Waals surface area contributed by atoms with E-state index >= 15 is 0 Å². The summed E-state index contributed by atoms with van der Waals surface area (Å²) in [5.41, 5.74) is 2.30. The van der Waals surface area contributed by atoms with Crippen molar-refractivity contribution in [2.24, 2.45) is 0 Å². The van der Waals surface area contributed by atoms with Crippen LogP contribution in [0.1, 0.15) is 18.1 Å². The standard InChI is InChI=1S/C17H18N4OS2/c1-11-5-7-13(8-6-11)10-18-16(22)12(2)24-17-19-15(20-21-17)14-4-3-9-23-14/h3-9,12H,10H2,1-2H3,(H,18,22)(H,19,20,21). The Labute approximate surface area is 148 Å². The number of carbonyl (C=O) groups excluding carboxylic acids is 1. The summed E-state index contributed by atoms with van der Waals surface area (Å²) in [6.07, 6.45) is 0. The molecule has 0 aliphatic heterocycles. The van der Waals surface area contributed by atoms with E-state index in [-0.39, 0.29) is 11.2 Å². The largest absolute Gasteiger partial charge is 0.351 e. The Balaban J connectivity index is 1.53. The van der Waals surface area contributed by atoms with E-state index in [2.05, 4.69) is 20.5 Å². The number of thiophene rings is 1. The van der Waals surface area contributed by atoms with E-state index in [1.165, 1.54) is 17.3 Å². The molecular formula is C17H18N4OS2. The molecule has 0 saturated heterocycles. The zero-order valence-corrected chi connectivity index (χ0v) is 15.1. The van der Waals surface area contributed by atoms with E-state index in [0.29, 0.717) is 11.7 Å². The predicted molar refractivity (Wildman–Crippen MR) is 98.0 cm³/mol. The number of aromatic amines is 1. The monoisotopic (exact) mass is 358 g/mol. The van der Waals surface area contributed by atoms with Crippen molar-refractivity contribution in [2.75, 3.05) is 0 Å². The van der Waals surface area contributed by atoms with Gasteiger partial charge >= 0.3 is 0 Å². The molecule has 1 atom stereocenters. The van der Waals surface area contributed by atoms with Gasteiger partial charge in [-0.15, -0.1) is 16.4 Å². The molecule has 1 amide bonds. The molecule has 0 spiro atoms. The second-order valence-corrected chi connectivity index (χ2v) is 7.66. The topological polar surface area (TPSA) is 70.7 Å². The van der Waals surface area contributed by atoms with E-state index in [1.54, 1.807) is 11.3 Å². The number of rotatable bonds is 6. The van der Waals surface area contributed by atoms with Crippen LogP contribution in [0.4, 0.5) is 0 Å². The van der Waals surface area contributed by atoms with Crippen LogP contribution in [0.15, 0.2) is 46.9 Å². The number of thioether (sulfide) groups is 1. The molecular weight excluding hydrogens is 340 g/mol. The van der Waals surface area contributed by atoms with Crippen LogP contribution < -0.4 is 5.32 Å². The van der Waals surface area contributed by atoms with E-state index in [1.807, 2.05) is 55.6 Å². The highest BCUT2D eigenvalue weighted by molar-refractivity contribution is 8.00. The van der Waals surface area contributed by atoms with Crippen molar-refractivity contribution in [3.05, 3.63) is 52.9 Å². The lowest BCUT2D eigenvalue weighted by molar-refractivity contribution is -0.120. The fourth-order valence-corrected chi connectivity index (χ4v) is 3.49. The van der Waals surface area contributed by atoms with Gasteiger partial charge in [0.1, 0.15) is 0 Å². The van der Waals surface area contributed by atoms with Crippen LogP contribution in [-0.4, -0.2) is 26.3 Å². The molecule has 0 bridgehead atoms. The van der Waals surface area contributed by atoms with Gasteiger partial charge in [-0.3, -0.25) is 9.89 Å². The molecule has 24 heavy (non-hydrogen) atoms. The second kappa shape index (κ2) is 7.63. The lowest BCUT2D eigenvalue weighted by Crippen LogP contribution is -2.30. The van der Waals surface area contributed by atoms with Crippen molar-refractivity contribution in [1.29, 1.82) is 0 Å². The van der Waals surface area contributed by atoms with Gasteiger partial charge in [-0.25, -0.2) is 4.98 Å². The summed E-state index contributed by atoms with van der Waals surface area (Å²) in [5.74, 6) is 0.711. The smallest absolute Gasteiger partial charge is 0.233 e. The van der Waals surface area contributed by atoms with Gasteiger partial charge in [-0.1, -0.05) is 47.7 Å². The van der Waals surface area contributed by atoms with Crippen molar-refractivity contribution in [3.63, 3.8) is 0 Å². The van der Waals surface area contributed by atoms with Gasteiger partial charge < -0.3 is 5.32 Å². The molecule has 124 valence electrons. The molecule has 0 radical (unpaired) electrons. The molecule has 1 unspecified atom stereocenters. The Morgan fingerprint density at radius 1 is 1.33 bits per heavy atom. The van der Waals surface area contributed by atoms with E-state index in [0.717, 1.165) is 16.3 Å². The summed E-state index contributed by atoms with van der Waals surface area (Å²) in [4.78, 5) is 17.7. The minimum atomic E-state index is -0.262. The van der Waals surface area contributed by atoms with Gasteiger partial charge in [0.05, 0.1) is 10.1 Å². The lowest BCUT2D eigenvalue weighted by atomic mass is 10.1. The number of hydrogen-bond donors (Lipinski definition) is 2. The van der Waals surface area contributed by atoms with Crippen LogP contribution in [0.5, 0.6) is 0 Å². The molecule has 3 rings (SSSR count). The minimum Gasteiger partial charge on any atom is -0.351 e. The van der Waals surface area contributed by atoms with Crippen molar-refractivity contribution in [3.8, 4) is 10.7 Å². The normalized spacial score (nSPS) is 12.1. The number of nitrogens with zero attached hydrogens (tertiary/aromatic N) is 2. The number of nitrogens with one attached hydrogen (secondary N) is 2. The van der Waals surface area contributed by atoms with Crippen LogP contribution in [0, 0.1) is 6.92 Å². The van der Waals surface area contributed by atoms with Gasteiger partial charge in [0.25, 0.3) is 0 Å². The zero-order valence-electron chi connectivity index (χ0n) is 13.4. The quantitative estimate of drug-likeness (QED) is 0.660. The summed E-state index contributed by atoms with van der Waals surface area (Å²) in [7, 11) is 0. The summed E-state index contributed by atoms with van der Waals surface area (Å²) in [6.45, 7) is 4.43. The first-order valence-corrected chi connectivity index (χ1v) is 9.34. The van der Waals surface area contributed by atoms with E-state index in [4.69, 9.17) is 0 Å². The van der Waals surface area contributed by atoms with Gasteiger partial charge in [-0.2, -0.15) is 0 Å². The average molecular weight is 358 g/mol. The van der Waals surface area contributed by atoms with E-state index < -0.39 is 0 Å². The van der Waals surface area contributed by atoms with Crippen LogP contribution in [-0.2, 0) is 11.3 Å². The van der Waals surface area contributed by atoms with Gasteiger partial charge in [0, 0.05) is 6.54 Å². The molecule has 0 saturated carbocycles. The first-order valence-electron chi connectivity index (χ1n) is 7.58. The molecule has 2 aromatic heterocycles. The Kier molecular flexibility index (Phi) is 5.32. The van der Waals surface area contributed by atoms with Crippen LogP contribution in [0.3, 0.4) is 0 Å². The van der Waals surface area contributed by atoms with Crippen molar-refractivity contribution < 1.29 is 4.79 Å². The maximum Gasteiger partial charge on any atom is 0.233 e. The van der Waals surface area contributed by atoms with Crippen molar-refractivity contribution >= 4 is 29.0 Å². The highest BCUT2D eigenvalue weighted by Crippen LogP contribution is 2.25. The summed E-state index contributed by atoms with van der Waals surface area (Å²) < 4.78 is 0. The third-order valence-corrected chi connectivity index (χ3v) is 5.30. The number of benzene rings is 1. The number of hydrogen-bond acceptors (Lipinski definition) is 5. The van der Waals surface area contributed by atoms with Gasteiger partial charge in [0.2, 0.25) is 11.1 Å². The highest BCUT2D eigenvalue weighted by Gasteiger charge is 2.17. The maximum absolute atomic E-state index is 12.2. The molecule has 0 aliphatic carbocycles. The summed E-state index contributed by atoms with van der Waals surface area (Å²) in [5, 5.41) is 12.3. The lowest BCUT2D eigenvalue weighted by Gasteiger charge is -2.10. The Hall–Kier alpha value is -2.12. The van der Waals surface area contributed by atoms with Crippen molar-refractivity contribution in [2.45, 2.75) is 30.8 Å². The first-order chi connectivity index (χ1) is 11.6. The van der Waals surface area contributed by atoms with Crippen LogP contribution in [0.2, 0.25) is 0 Å². The number of aryl methyl sites for hydroxylation is 1. The molecule has 2 heterocycles. The number of carbonyl (C=O) groups is 1. The minimum absolute atomic E-state index is 0.0250. The molecule has 3 aromatic rings. The summed E-state index contributed by atoms with van der Waals surface area (Å²) >= 11 is 2.95.